The second-order valence-electron chi connectivity index (χ2n) is 4.94. The lowest BCUT2D eigenvalue weighted by molar-refractivity contribution is 0.0773. The predicted molar refractivity (Wildman–Crippen MR) is 78.1 cm³/mol. The molecule has 98 valence electrons. The van der Waals surface area contributed by atoms with E-state index in [4.69, 9.17) is 11.6 Å². The number of amides is 1. The first kappa shape index (κ1) is 13.9. The van der Waals surface area contributed by atoms with Crippen LogP contribution in [0.1, 0.15) is 36.0 Å². The van der Waals surface area contributed by atoms with Crippen molar-refractivity contribution in [2.45, 2.75) is 25.7 Å². The van der Waals surface area contributed by atoms with Gasteiger partial charge in [0.25, 0.3) is 5.91 Å². The summed E-state index contributed by atoms with van der Waals surface area (Å²) in [5.74, 6) is 0.665. The molecule has 0 aliphatic heterocycles. The van der Waals surface area contributed by atoms with Crippen molar-refractivity contribution in [3.8, 4) is 0 Å². The zero-order valence-electron chi connectivity index (χ0n) is 10.5. The van der Waals surface area contributed by atoms with Crippen LogP contribution in [-0.2, 0) is 0 Å². The van der Waals surface area contributed by atoms with Crippen LogP contribution in [0.5, 0.6) is 0 Å². The van der Waals surface area contributed by atoms with Crippen LogP contribution in [0.2, 0.25) is 5.02 Å². The van der Waals surface area contributed by atoms with Crippen LogP contribution in [0, 0.1) is 5.92 Å². The molecule has 2 nitrogen and oxygen atoms in total. The highest BCUT2D eigenvalue weighted by molar-refractivity contribution is 9.10. The standard InChI is InChI=1S/C14H17BrClNO/c1-17(9-10-5-2-3-6-10)14(18)11-7-4-8-12(15)13(11)16/h4,7-8,10H,2-3,5-6,9H2,1H3. The van der Waals surface area contributed by atoms with Gasteiger partial charge in [0.2, 0.25) is 0 Å². The second kappa shape index (κ2) is 6.07. The molecule has 0 atom stereocenters. The molecule has 0 unspecified atom stereocenters. The van der Waals surface area contributed by atoms with E-state index in [9.17, 15) is 4.79 Å². The van der Waals surface area contributed by atoms with Crippen molar-refractivity contribution in [1.29, 1.82) is 0 Å². The van der Waals surface area contributed by atoms with Crippen molar-refractivity contribution >= 4 is 33.4 Å². The van der Waals surface area contributed by atoms with Gasteiger partial charge in [-0.25, -0.2) is 0 Å². The van der Waals surface area contributed by atoms with Gasteiger partial charge in [-0.1, -0.05) is 30.5 Å². The first-order chi connectivity index (χ1) is 8.59. The van der Waals surface area contributed by atoms with Crippen LogP contribution in [0.15, 0.2) is 22.7 Å². The molecule has 18 heavy (non-hydrogen) atoms. The fourth-order valence-corrected chi connectivity index (χ4v) is 3.11. The Labute approximate surface area is 121 Å². The summed E-state index contributed by atoms with van der Waals surface area (Å²) in [6, 6.07) is 5.46. The number of carbonyl (C=O) groups excluding carboxylic acids is 1. The van der Waals surface area contributed by atoms with Crippen LogP contribution in [0.25, 0.3) is 0 Å². The average molecular weight is 331 g/mol. The summed E-state index contributed by atoms with van der Waals surface area (Å²) in [4.78, 5) is 14.1. The summed E-state index contributed by atoms with van der Waals surface area (Å²) in [5.41, 5.74) is 0.575. The van der Waals surface area contributed by atoms with Gasteiger partial charge in [0.05, 0.1) is 10.6 Å². The Kier molecular flexibility index (Phi) is 4.68. The van der Waals surface area contributed by atoms with Gasteiger partial charge in [-0.05, 0) is 46.8 Å². The smallest absolute Gasteiger partial charge is 0.255 e. The average Bonchev–Trinajstić information content (AvgIpc) is 2.84. The molecule has 0 radical (unpaired) electrons. The summed E-state index contributed by atoms with van der Waals surface area (Å²) >= 11 is 9.50. The maximum Gasteiger partial charge on any atom is 0.255 e. The molecule has 1 aromatic carbocycles. The molecule has 1 fully saturated rings. The number of hydrogen-bond acceptors (Lipinski definition) is 1. The summed E-state index contributed by atoms with van der Waals surface area (Å²) in [5, 5.41) is 0.501. The van der Waals surface area contributed by atoms with Crippen LogP contribution in [-0.4, -0.2) is 24.4 Å². The van der Waals surface area contributed by atoms with Crippen LogP contribution < -0.4 is 0 Å². The quantitative estimate of drug-likeness (QED) is 0.806. The summed E-state index contributed by atoms with van der Waals surface area (Å²) in [6.45, 7) is 0.835. The number of carbonyl (C=O) groups is 1. The van der Waals surface area contributed by atoms with Crippen LogP contribution in [0.3, 0.4) is 0 Å². The lowest BCUT2D eigenvalue weighted by Gasteiger charge is -2.21. The normalized spacial score (nSPS) is 15.9. The number of halogens is 2. The van der Waals surface area contributed by atoms with Gasteiger partial charge < -0.3 is 4.90 Å². The van der Waals surface area contributed by atoms with E-state index >= 15 is 0 Å². The Morgan fingerprint density at radius 3 is 2.78 bits per heavy atom. The largest absolute Gasteiger partial charge is 0.341 e. The summed E-state index contributed by atoms with van der Waals surface area (Å²) < 4.78 is 0.768. The van der Waals surface area contributed by atoms with E-state index in [1.807, 2.05) is 19.2 Å². The fourth-order valence-electron chi connectivity index (χ4n) is 2.54. The first-order valence-electron chi connectivity index (χ1n) is 6.29. The van der Waals surface area contributed by atoms with Crippen molar-refractivity contribution in [3.63, 3.8) is 0 Å². The van der Waals surface area contributed by atoms with Crippen molar-refractivity contribution in [2.24, 2.45) is 5.92 Å². The van der Waals surface area contributed by atoms with Gasteiger partial charge >= 0.3 is 0 Å². The molecule has 0 saturated heterocycles. The van der Waals surface area contributed by atoms with Gasteiger partial charge in [-0.3, -0.25) is 4.79 Å². The van der Waals surface area contributed by atoms with Gasteiger partial charge in [0, 0.05) is 18.1 Å². The molecule has 1 aromatic rings. The first-order valence-corrected chi connectivity index (χ1v) is 7.46. The number of nitrogens with zero attached hydrogens (tertiary/aromatic N) is 1. The molecule has 0 heterocycles. The van der Waals surface area contributed by atoms with E-state index < -0.39 is 0 Å². The summed E-state index contributed by atoms with van der Waals surface area (Å²) in [7, 11) is 1.86. The maximum atomic E-state index is 12.3. The third kappa shape index (κ3) is 3.07. The third-order valence-electron chi connectivity index (χ3n) is 3.54. The topological polar surface area (TPSA) is 20.3 Å². The molecule has 4 heteroatoms. The molecule has 0 aromatic heterocycles. The lowest BCUT2D eigenvalue weighted by Crippen LogP contribution is -2.31. The van der Waals surface area contributed by atoms with Gasteiger partial charge in [-0.15, -0.1) is 0 Å². The predicted octanol–water partition coefficient (Wildman–Crippen LogP) is 4.36. The molecule has 1 aliphatic rings. The highest BCUT2D eigenvalue weighted by atomic mass is 79.9. The minimum Gasteiger partial charge on any atom is -0.341 e. The van der Waals surface area contributed by atoms with Gasteiger partial charge in [0.1, 0.15) is 0 Å². The van der Waals surface area contributed by atoms with Crippen LogP contribution in [0.4, 0.5) is 0 Å². The van der Waals surface area contributed by atoms with Crippen molar-refractivity contribution < 1.29 is 4.79 Å². The van der Waals surface area contributed by atoms with E-state index in [0.29, 0.717) is 16.5 Å². The van der Waals surface area contributed by atoms with Crippen molar-refractivity contribution in [3.05, 3.63) is 33.3 Å². The van der Waals surface area contributed by atoms with Crippen molar-refractivity contribution in [1.82, 2.24) is 4.90 Å². The van der Waals surface area contributed by atoms with Gasteiger partial charge in [-0.2, -0.15) is 0 Å². The Balaban J connectivity index is 2.07. The molecule has 0 spiro atoms. The highest BCUT2D eigenvalue weighted by Crippen LogP contribution is 2.28. The Bertz CT molecular complexity index is 443. The number of hydrogen-bond donors (Lipinski definition) is 0. The Morgan fingerprint density at radius 2 is 2.11 bits per heavy atom. The molecule has 2 rings (SSSR count). The number of benzene rings is 1. The third-order valence-corrected chi connectivity index (χ3v) is 4.83. The molecule has 1 aliphatic carbocycles. The van der Waals surface area contributed by atoms with Gasteiger partial charge in [0.15, 0.2) is 0 Å². The SMILES string of the molecule is CN(CC1CCCC1)C(=O)c1cccc(Br)c1Cl. The lowest BCUT2D eigenvalue weighted by atomic mass is 10.1. The molecular formula is C14H17BrClNO. The molecule has 0 N–H and O–H groups in total. The zero-order valence-corrected chi connectivity index (χ0v) is 12.8. The van der Waals surface area contributed by atoms with Crippen LogP contribution >= 0.6 is 27.5 Å². The fraction of sp³-hybridized carbons (Fsp3) is 0.500. The molecular weight excluding hydrogens is 314 g/mol. The molecule has 1 saturated carbocycles. The molecule has 0 bridgehead atoms. The minimum absolute atomic E-state index is 0.00759. The van der Waals surface area contributed by atoms with Crippen molar-refractivity contribution in [2.75, 3.05) is 13.6 Å². The second-order valence-corrected chi connectivity index (χ2v) is 6.17. The maximum absolute atomic E-state index is 12.3. The molecule has 1 amide bonds. The van der Waals surface area contributed by atoms with E-state index in [0.717, 1.165) is 11.0 Å². The monoisotopic (exact) mass is 329 g/mol. The Morgan fingerprint density at radius 1 is 1.44 bits per heavy atom. The zero-order chi connectivity index (χ0) is 13.1. The minimum atomic E-state index is 0.00759. The van der Waals surface area contributed by atoms with E-state index in [1.54, 1.807) is 11.0 Å². The Hall–Kier alpha value is -0.540. The number of rotatable bonds is 3. The highest BCUT2D eigenvalue weighted by Gasteiger charge is 2.21. The van der Waals surface area contributed by atoms with E-state index in [-0.39, 0.29) is 5.91 Å². The van der Waals surface area contributed by atoms with E-state index in [1.165, 1.54) is 25.7 Å². The van der Waals surface area contributed by atoms with E-state index in [2.05, 4.69) is 15.9 Å². The summed E-state index contributed by atoms with van der Waals surface area (Å²) in [6.07, 6.45) is 5.07.